The number of hydrogen-bond acceptors (Lipinski definition) is 5. The van der Waals surface area contributed by atoms with Gasteiger partial charge in [-0.15, -0.1) is 0 Å². The number of amides is 3. The fraction of sp³-hybridized carbons (Fsp3) is 0.812. The highest BCUT2D eigenvalue weighted by Gasteiger charge is 2.42. The number of carbonyl (C=O) groups excluding carboxylic acids is 2. The van der Waals surface area contributed by atoms with Crippen LogP contribution in [0.15, 0.2) is 0 Å². The molecular weight excluding hydrogens is 362 g/mol. The van der Waals surface area contributed by atoms with E-state index in [0.717, 1.165) is 30.8 Å². The fourth-order valence-electron chi connectivity index (χ4n) is 3.76. The number of carboxylic acid groups (broad SMARTS) is 1. The highest BCUT2D eigenvalue weighted by molar-refractivity contribution is 8.00. The van der Waals surface area contributed by atoms with Crippen molar-refractivity contribution in [1.29, 1.82) is 0 Å². The summed E-state index contributed by atoms with van der Waals surface area (Å²) in [5, 5.41) is 15.4. The Hall–Kier alpha value is -1.09. The molecule has 3 N–H and O–H groups in total. The van der Waals surface area contributed by atoms with Crippen LogP contribution in [-0.4, -0.2) is 75.1 Å². The van der Waals surface area contributed by atoms with E-state index in [1.807, 2.05) is 11.8 Å². The molecule has 3 saturated heterocycles. The number of rotatable bonds is 7. The van der Waals surface area contributed by atoms with E-state index in [-0.39, 0.29) is 36.5 Å². The van der Waals surface area contributed by atoms with E-state index in [1.165, 1.54) is 0 Å². The summed E-state index contributed by atoms with van der Waals surface area (Å²) in [6.45, 7) is 0.654. The lowest BCUT2D eigenvalue weighted by Crippen LogP contribution is -2.47. The highest BCUT2D eigenvalue weighted by Crippen LogP contribution is 2.33. The number of nitrogens with zero attached hydrogens (tertiary/aromatic N) is 1. The zero-order valence-electron chi connectivity index (χ0n) is 14.1. The molecule has 7 nitrogen and oxygen atoms in total. The van der Waals surface area contributed by atoms with Crippen LogP contribution < -0.4 is 10.6 Å². The molecule has 0 bridgehead atoms. The molecular formula is C16H25N3O4S2. The summed E-state index contributed by atoms with van der Waals surface area (Å²) < 4.78 is 0. The fourth-order valence-corrected chi connectivity index (χ4v) is 6.37. The van der Waals surface area contributed by atoms with Crippen LogP contribution in [-0.2, 0) is 9.59 Å². The van der Waals surface area contributed by atoms with Crippen molar-refractivity contribution in [3.8, 4) is 0 Å². The van der Waals surface area contributed by atoms with Gasteiger partial charge in [0, 0.05) is 35.5 Å². The summed E-state index contributed by atoms with van der Waals surface area (Å²) >= 11 is 3.61. The minimum atomic E-state index is -0.842. The van der Waals surface area contributed by atoms with Gasteiger partial charge in [0.25, 0.3) is 0 Å². The van der Waals surface area contributed by atoms with Crippen LogP contribution >= 0.6 is 23.5 Å². The monoisotopic (exact) mass is 387 g/mol. The van der Waals surface area contributed by atoms with Gasteiger partial charge in [0.1, 0.15) is 0 Å². The van der Waals surface area contributed by atoms with E-state index in [4.69, 9.17) is 5.11 Å². The summed E-state index contributed by atoms with van der Waals surface area (Å²) in [4.78, 5) is 36.6. The summed E-state index contributed by atoms with van der Waals surface area (Å²) in [5.41, 5.74) is 0. The Labute approximate surface area is 156 Å². The average Bonchev–Trinajstić information content (AvgIpc) is 3.11. The molecule has 140 valence electrons. The minimum Gasteiger partial charge on any atom is -0.481 e. The maximum Gasteiger partial charge on any atom is 0.315 e. The molecule has 9 heteroatoms. The first-order chi connectivity index (χ1) is 12.0. The number of thioether (sulfide) groups is 2. The first-order valence-electron chi connectivity index (χ1n) is 8.82. The number of carboxylic acids is 1. The van der Waals surface area contributed by atoms with Crippen molar-refractivity contribution in [3.63, 3.8) is 0 Å². The van der Waals surface area contributed by atoms with Crippen molar-refractivity contribution in [3.05, 3.63) is 0 Å². The number of fused-ring (bicyclic) bond motifs is 1. The van der Waals surface area contributed by atoms with Crippen LogP contribution in [0.1, 0.15) is 32.1 Å². The van der Waals surface area contributed by atoms with Crippen LogP contribution in [0.25, 0.3) is 0 Å². The zero-order chi connectivity index (χ0) is 17.8. The van der Waals surface area contributed by atoms with Gasteiger partial charge >= 0.3 is 12.0 Å². The standard InChI is InChI=1S/C16H25N3O4S2/c20-13(19-5-6-24-8-10(19)7-14(21)22)4-2-1-3-12-15-11(9-25-12)17-16(23)18-15/h10-12,15H,1-9H2,(H,21,22)(H2,17,18,23)/t10?,11-,12-,15-/m0/s1. The van der Waals surface area contributed by atoms with Gasteiger partial charge in [-0.05, 0) is 12.8 Å². The van der Waals surface area contributed by atoms with Crippen molar-refractivity contribution in [2.45, 2.75) is 55.5 Å². The van der Waals surface area contributed by atoms with Crippen molar-refractivity contribution in [2.75, 3.05) is 23.8 Å². The SMILES string of the molecule is O=C(O)CC1CSCCN1C(=O)CCCC[C@@H]1SC[C@@H]2NC(=O)N[C@@H]21. The molecule has 0 spiro atoms. The third-order valence-electron chi connectivity index (χ3n) is 5.03. The van der Waals surface area contributed by atoms with Crippen molar-refractivity contribution >= 4 is 41.4 Å². The van der Waals surface area contributed by atoms with Crippen LogP contribution in [0.3, 0.4) is 0 Å². The Morgan fingerprint density at radius 1 is 1.24 bits per heavy atom. The number of hydrogen-bond donors (Lipinski definition) is 3. The second-order valence-corrected chi connectivity index (χ2v) is 9.20. The molecule has 3 aliphatic heterocycles. The molecule has 3 rings (SSSR count). The smallest absolute Gasteiger partial charge is 0.315 e. The zero-order valence-corrected chi connectivity index (χ0v) is 15.7. The Bertz CT molecular complexity index is 534. The van der Waals surface area contributed by atoms with Gasteiger partial charge in [0.2, 0.25) is 5.91 Å². The minimum absolute atomic E-state index is 0.0349. The molecule has 0 aliphatic carbocycles. The summed E-state index contributed by atoms with van der Waals surface area (Å²) in [6, 6.07) is 0.219. The van der Waals surface area contributed by atoms with E-state index in [1.54, 1.807) is 16.7 Å². The number of aliphatic carboxylic acids is 1. The molecule has 3 heterocycles. The quantitative estimate of drug-likeness (QED) is 0.447. The van der Waals surface area contributed by atoms with Crippen molar-refractivity contribution < 1.29 is 19.5 Å². The normalized spacial score (nSPS) is 31.4. The average molecular weight is 388 g/mol. The molecule has 4 atom stereocenters. The van der Waals surface area contributed by atoms with Crippen LogP contribution in [0.2, 0.25) is 0 Å². The predicted octanol–water partition coefficient (Wildman–Crippen LogP) is 1.13. The van der Waals surface area contributed by atoms with Crippen LogP contribution in [0, 0.1) is 0 Å². The predicted molar refractivity (Wildman–Crippen MR) is 99.0 cm³/mol. The Morgan fingerprint density at radius 2 is 2.08 bits per heavy atom. The Balaban J connectivity index is 1.38. The molecule has 0 aromatic heterocycles. The summed E-state index contributed by atoms with van der Waals surface area (Å²) in [7, 11) is 0. The first-order valence-corrected chi connectivity index (χ1v) is 11.0. The van der Waals surface area contributed by atoms with Crippen LogP contribution in [0.5, 0.6) is 0 Å². The molecule has 3 aliphatic rings. The number of unbranched alkanes of at least 4 members (excludes halogenated alkanes) is 1. The lowest BCUT2D eigenvalue weighted by atomic mass is 10.0. The Morgan fingerprint density at radius 3 is 2.88 bits per heavy atom. The molecule has 0 aromatic carbocycles. The number of nitrogens with one attached hydrogen (secondary N) is 2. The third-order valence-corrected chi connectivity index (χ3v) is 7.63. The van der Waals surface area contributed by atoms with Crippen molar-refractivity contribution in [2.24, 2.45) is 0 Å². The molecule has 25 heavy (non-hydrogen) atoms. The van der Waals surface area contributed by atoms with Gasteiger partial charge in [-0.1, -0.05) is 6.42 Å². The lowest BCUT2D eigenvalue weighted by molar-refractivity contribution is -0.140. The summed E-state index contributed by atoms with van der Waals surface area (Å²) in [5.74, 6) is 1.79. The van der Waals surface area contributed by atoms with E-state index in [2.05, 4.69) is 10.6 Å². The number of urea groups is 1. The highest BCUT2D eigenvalue weighted by atomic mass is 32.2. The van der Waals surface area contributed by atoms with E-state index < -0.39 is 5.97 Å². The van der Waals surface area contributed by atoms with Gasteiger partial charge in [-0.25, -0.2) is 4.79 Å². The molecule has 3 amide bonds. The molecule has 0 saturated carbocycles. The molecule has 3 fully saturated rings. The van der Waals surface area contributed by atoms with E-state index in [0.29, 0.717) is 24.0 Å². The molecule has 1 unspecified atom stereocenters. The van der Waals surface area contributed by atoms with E-state index in [9.17, 15) is 14.4 Å². The van der Waals surface area contributed by atoms with Gasteiger partial charge in [-0.2, -0.15) is 23.5 Å². The Kier molecular flexibility index (Phi) is 6.38. The molecule has 0 aromatic rings. The van der Waals surface area contributed by atoms with Crippen LogP contribution in [0.4, 0.5) is 4.79 Å². The second-order valence-electron chi connectivity index (χ2n) is 6.78. The topological polar surface area (TPSA) is 98.7 Å². The van der Waals surface area contributed by atoms with E-state index >= 15 is 0 Å². The third kappa shape index (κ3) is 4.75. The van der Waals surface area contributed by atoms with Gasteiger partial charge < -0.3 is 20.6 Å². The lowest BCUT2D eigenvalue weighted by Gasteiger charge is -2.34. The largest absolute Gasteiger partial charge is 0.481 e. The molecule has 0 radical (unpaired) electrons. The number of carbonyl (C=O) groups is 3. The maximum absolute atomic E-state index is 12.5. The van der Waals surface area contributed by atoms with Gasteiger partial charge in [-0.3, -0.25) is 9.59 Å². The maximum atomic E-state index is 12.5. The first kappa shape index (κ1) is 18.7. The van der Waals surface area contributed by atoms with Crippen molar-refractivity contribution in [1.82, 2.24) is 15.5 Å². The van der Waals surface area contributed by atoms with Gasteiger partial charge in [0.05, 0.1) is 24.5 Å². The van der Waals surface area contributed by atoms with Gasteiger partial charge in [0.15, 0.2) is 0 Å². The second kappa shape index (κ2) is 8.53. The summed E-state index contributed by atoms with van der Waals surface area (Å²) in [6.07, 6.45) is 3.28.